The van der Waals surface area contributed by atoms with E-state index in [2.05, 4.69) is 15.5 Å². The van der Waals surface area contributed by atoms with E-state index in [4.69, 9.17) is 10.5 Å². The lowest BCUT2D eigenvalue weighted by atomic mass is 10.2. The lowest BCUT2D eigenvalue weighted by Gasteiger charge is -2.09. The van der Waals surface area contributed by atoms with Crippen molar-refractivity contribution >= 4 is 28.6 Å². The number of amides is 1. The van der Waals surface area contributed by atoms with Gasteiger partial charge in [0, 0.05) is 0 Å². The summed E-state index contributed by atoms with van der Waals surface area (Å²) in [7, 11) is 0. The molecule has 3 N–H and O–H groups in total. The highest BCUT2D eigenvalue weighted by atomic mass is 32.1. The van der Waals surface area contributed by atoms with Crippen LogP contribution in [0.2, 0.25) is 0 Å². The number of anilines is 1. The van der Waals surface area contributed by atoms with Crippen LogP contribution in [0.4, 0.5) is 5.13 Å². The second-order valence-electron chi connectivity index (χ2n) is 4.90. The van der Waals surface area contributed by atoms with Crippen LogP contribution in [0.5, 0.6) is 5.75 Å². The number of aryl methyl sites for hydroxylation is 1. The van der Waals surface area contributed by atoms with E-state index >= 15 is 0 Å². The van der Waals surface area contributed by atoms with Crippen LogP contribution in [0.3, 0.4) is 0 Å². The molecule has 22 heavy (non-hydrogen) atoms. The molecule has 0 unspecified atom stereocenters. The zero-order valence-electron chi connectivity index (χ0n) is 12.7. The number of nitrogens with two attached hydrogens (primary N) is 1. The standard InChI is InChI=1S/C15H18N4O2S/c1-9(2)21-12-6-4-5-11(7-12)8-17-19-14(20)13-10(3)18-15(16)22-13/h4-9H,1-3H3,(H2,16,18)(H,19,20)/b17-8-. The van der Waals surface area contributed by atoms with Crippen LogP contribution < -0.4 is 15.9 Å². The number of carbonyl (C=O) groups excluding carboxylic acids is 1. The SMILES string of the molecule is Cc1nc(N)sc1C(=O)N/N=C\c1cccc(OC(C)C)c1. The van der Waals surface area contributed by atoms with Crippen molar-refractivity contribution < 1.29 is 9.53 Å². The number of thiazole rings is 1. The summed E-state index contributed by atoms with van der Waals surface area (Å²) in [4.78, 5) is 16.4. The fourth-order valence-electron chi connectivity index (χ4n) is 1.78. The first-order valence-corrected chi connectivity index (χ1v) is 7.60. The van der Waals surface area contributed by atoms with Gasteiger partial charge in [-0.3, -0.25) is 4.79 Å². The number of hydrazone groups is 1. The van der Waals surface area contributed by atoms with Crippen LogP contribution in [0.1, 0.15) is 34.8 Å². The molecule has 1 aromatic heterocycles. The first-order chi connectivity index (χ1) is 10.5. The predicted octanol–water partition coefficient (Wildman–Crippen LogP) is 2.58. The molecule has 116 valence electrons. The molecule has 0 bridgehead atoms. The second-order valence-corrected chi connectivity index (χ2v) is 5.94. The summed E-state index contributed by atoms with van der Waals surface area (Å²) in [6.45, 7) is 5.66. The monoisotopic (exact) mass is 318 g/mol. The largest absolute Gasteiger partial charge is 0.491 e. The number of ether oxygens (including phenoxy) is 1. The van der Waals surface area contributed by atoms with E-state index in [9.17, 15) is 4.79 Å². The highest BCUT2D eigenvalue weighted by molar-refractivity contribution is 7.17. The van der Waals surface area contributed by atoms with E-state index in [1.165, 1.54) is 0 Å². The maximum absolute atomic E-state index is 11.9. The van der Waals surface area contributed by atoms with Crippen LogP contribution in [0.15, 0.2) is 29.4 Å². The van der Waals surface area contributed by atoms with Crippen LogP contribution in [-0.4, -0.2) is 23.2 Å². The van der Waals surface area contributed by atoms with Gasteiger partial charge >= 0.3 is 0 Å². The molecule has 1 amide bonds. The average molecular weight is 318 g/mol. The van der Waals surface area contributed by atoms with Gasteiger partial charge in [-0.05, 0) is 38.5 Å². The van der Waals surface area contributed by atoms with E-state index in [1.807, 2.05) is 38.1 Å². The number of carbonyl (C=O) groups is 1. The molecule has 6 nitrogen and oxygen atoms in total. The summed E-state index contributed by atoms with van der Waals surface area (Å²) < 4.78 is 5.60. The summed E-state index contributed by atoms with van der Waals surface area (Å²) in [5, 5.41) is 4.31. The maximum Gasteiger partial charge on any atom is 0.283 e. The molecule has 0 spiro atoms. The fourth-order valence-corrected chi connectivity index (χ4v) is 2.51. The van der Waals surface area contributed by atoms with Crippen molar-refractivity contribution in [2.45, 2.75) is 26.9 Å². The Morgan fingerprint density at radius 1 is 1.50 bits per heavy atom. The third-order valence-corrected chi connectivity index (χ3v) is 3.61. The molecule has 0 saturated heterocycles. The number of hydrogen-bond donors (Lipinski definition) is 2. The molecule has 0 aliphatic heterocycles. The van der Waals surface area contributed by atoms with Gasteiger partial charge in [0.1, 0.15) is 10.6 Å². The second kappa shape index (κ2) is 7.04. The van der Waals surface area contributed by atoms with Crippen molar-refractivity contribution in [3.63, 3.8) is 0 Å². The summed E-state index contributed by atoms with van der Waals surface area (Å²) in [5.74, 6) is 0.439. The Morgan fingerprint density at radius 2 is 2.27 bits per heavy atom. The molecule has 1 heterocycles. The lowest BCUT2D eigenvalue weighted by Crippen LogP contribution is -2.17. The highest BCUT2D eigenvalue weighted by Gasteiger charge is 2.13. The van der Waals surface area contributed by atoms with Crippen molar-refractivity contribution in [1.82, 2.24) is 10.4 Å². The number of rotatable bonds is 5. The zero-order chi connectivity index (χ0) is 16.1. The number of nitrogens with zero attached hydrogens (tertiary/aromatic N) is 2. The number of benzene rings is 1. The number of nitrogen functional groups attached to an aromatic ring is 1. The third kappa shape index (κ3) is 4.29. The molecule has 0 aliphatic carbocycles. The van der Waals surface area contributed by atoms with Crippen molar-refractivity contribution in [1.29, 1.82) is 0 Å². The van der Waals surface area contributed by atoms with Gasteiger partial charge in [-0.25, -0.2) is 10.4 Å². The Balaban J connectivity index is 2.00. The van der Waals surface area contributed by atoms with Crippen LogP contribution in [0, 0.1) is 6.92 Å². The molecule has 0 fully saturated rings. The van der Waals surface area contributed by atoms with Gasteiger partial charge in [0.25, 0.3) is 5.91 Å². The van der Waals surface area contributed by atoms with Crippen LogP contribution >= 0.6 is 11.3 Å². The minimum atomic E-state index is -0.322. The highest BCUT2D eigenvalue weighted by Crippen LogP contribution is 2.19. The van der Waals surface area contributed by atoms with Crippen LogP contribution in [-0.2, 0) is 0 Å². The summed E-state index contributed by atoms with van der Waals surface area (Å²) >= 11 is 1.14. The summed E-state index contributed by atoms with van der Waals surface area (Å²) in [6.07, 6.45) is 1.66. The Bertz CT molecular complexity index is 695. The van der Waals surface area contributed by atoms with Crippen LogP contribution in [0.25, 0.3) is 0 Å². The fraction of sp³-hybridized carbons (Fsp3) is 0.267. The number of nitrogens with one attached hydrogen (secondary N) is 1. The zero-order valence-corrected chi connectivity index (χ0v) is 13.5. The number of aromatic nitrogens is 1. The lowest BCUT2D eigenvalue weighted by molar-refractivity contribution is 0.0958. The van der Waals surface area contributed by atoms with E-state index in [0.29, 0.717) is 15.7 Å². The third-order valence-electron chi connectivity index (χ3n) is 2.63. The van der Waals surface area contributed by atoms with E-state index in [-0.39, 0.29) is 12.0 Å². The van der Waals surface area contributed by atoms with Crippen molar-refractivity contribution in [3.05, 3.63) is 40.4 Å². The quantitative estimate of drug-likeness (QED) is 0.655. The van der Waals surface area contributed by atoms with E-state index in [0.717, 1.165) is 22.6 Å². The van der Waals surface area contributed by atoms with Gasteiger partial charge in [-0.2, -0.15) is 5.10 Å². The van der Waals surface area contributed by atoms with Gasteiger partial charge in [0.2, 0.25) is 0 Å². The van der Waals surface area contributed by atoms with Gasteiger partial charge in [-0.1, -0.05) is 23.5 Å². The van der Waals surface area contributed by atoms with Gasteiger partial charge in [-0.15, -0.1) is 0 Å². The normalized spacial score (nSPS) is 11.1. The van der Waals surface area contributed by atoms with Crippen molar-refractivity contribution in [2.75, 3.05) is 5.73 Å². The Hall–Kier alpha value is -2.41. The number of hydrogen-bond acceptors (Lipinski definition) is 6. The maximum atomic E-state index is 11.9. The minimum Gasteiger partial charge on any atom is -0.491 e. The molecular weight excluding hydrogens is 300 g/mol. The van der Waals surface area contributed by atoms with Crippen molar-refractivity contribution in [3.8, 4) is 5.75 Å². The molecule has 0 atom stereocenters. The first kappa shape index (κ1) is 16.0. The minimum absolute atomic E-state index is 0.103. The van der Waals surface area contributed by atoms with Gasteiger partial charge in [0.15, 0.2) is 5.13 Å². The Morgan fingerprint density at radius 3 is 2.91 bits per heavy atom. The van der Waals surface area contributed by atoms with E-state index in [1.54, 1.807) is 13.1 Å². The smallest absolute Gasteiger partial charge is 0.283 e. The average Bonchev–Trinajstić information content (AvgIpc) is 2.77. The van der Waals surface area contributed by atoms with Gasteiger partial charge < -0.3 is 10.5 Å². The molecular formula is C15H18N4O2S. The Kier molecular flexibility index (Phi) is 5.11. The molecule has 0 aliphatic rings. The van der Waals surface area contributed by atoms with E-state index < -0.39 is 0 Å². The molecule has 0 radical (unpaired) electrons. The molecule has 2 rings (SSSR count). The topological polar surface area (TPSA) is 89.6 Å². The first-order valence-electron chi connectivity index (χ1n) is 6.78. The molecule has 2 aromatic rings. The molecule has 1 aromatic carbocycles. The molecule has 0 saturated carbocycles. The summed E-state index contributed by atoms with van der Waals surface area (Å²) in [6, 6.07) is 7.47. The van der Waals surface area contributed by atoms with Crippen molar-refractivity contribution in [2.24, 2.45) is 5.10 Å². The molecule has 7 heteroatoms. The van der Waals surface area contributed by atoms with Gasteiger partial charge in [0.05, 0.1) is 18.0 Å². The summed E-state index contributed by atoms with van der Waals surface area (Å²) in [5.41, 5.74) is 9.47. The predicted molar refractivity (Wildman–Crippen MR) is 88.5 cm³/mol. The Labute approximate surface area is 133 Å².